The Morgan fingerprint density at radius 3 is 2.25 bits per heavy atom. The van der Waals surface area contributed by atoms with E-state index in [1.54, 1.807) is 0 Å². The van der Waals surface area contributed by atoms with E-state index in [-0.39, 0.29) is 6.10 Å². The van der Waals surface area contributed by atoms with Gasteiger partial charge in [-0.2, -0.15) is 0 Å². The molecule has 2 nitrogen and oxygen atoms in total. The highest BCUT2D eigenvalue weighted by Crippen LogP contribution is 2.19. The van der Waals surface area contributed by atoms with E-state index in [4.69, 9.17) is 4.74 Å². The van der Waals surface area contributed by atoms with Crippen molar-refractivity contribution in [3.05, 3.63) is 35.4 Å². The highest BCUT2D eigenvalue weighted by molar-refractivity contribution is 5.23. The van der Waals surface area contributed by atoms with Crippen molar-refractivity contribution < 1.29 is 9.84 Å². The zero-order valence-corrected chi connectivity index (χ0v) is 13.3. The summed E-state index contributed by atoms with van der Waals surface area (Å²) in [6.45, 7) is 6.98. The molecule has 0 heterocycles. The molecule has 0 saturated heterocycles. The lowest BCUT2D eigenvalue weighted by Crippen LogP contribution is -2.19. The fraction of sp³-hybridized carbons (Fsp3) is 0.667. The first-order chi connectivity index (χ1) is 9.65. The fourth-order valence-electron chi connectivity index (χ4n) is 2.28. The summed E-state index contributed by atoms with van der Waals surface area (Å²) in [5.41, 5.74) is 2.15. The van der Waals surface area contributed by atoms with Crippen LogP contribution in [0.1, 0.15) is 69.6 Å². The molecule has 2 heteroatoms. The van der Waals surface area contributed by atoms with Crippen molar-refractivity contribution in [2.75, 3.05) is 6.61 Å². The van der Waals surface area contributed by atoms with Crippen LogP contribution in [-0.4, -0.2) is 17.8 Å². The first-order valence-corrected chi connectivity index (χ1v) is 8.01. The highest BCUT2D eigenvalue weighted by atomic mass is 16.5. The molecule has 0 amide bonds. The van der Waals surface area contributed by atoms with Crippen molar-refractivity contribution in [1.82, 2.24) is 0 Å². The Labute approximate surface area is 124 Å². The Bertz CT molecular complexity index is 345. The zero-order chi connectivity index (χ0) is 14.8. The van der Waals surface area contributed by atoms with Gasteiger partial charge in [-0.05, 0) is 25.8 Å². The maximum Gasteiger partial charge on any atom is 0.105 e. The van der Waals surface area contributed by atoms with Crippen LogP contribution in [0.15, 0.2) is 24.3 Å². The summed E-state index contributed by atoms with van der Waals surface area (Å²) in [6.07, 6.45) is 6.90. The van der Waals surface area contributed by atoms with E-state index in [0.29, 0.717) is 0 Å². The van der Waals surface area contributed by atoms with Crippen LogP contribution in [0.4, 0.5) is 0 Å². The molecule has 1 aromatic rings. The largest absolute Gasteiger partial charge is 0.386 e. The Balaban J connectivity index is 2.18. The Morgan fingerprint density at radius 2 is 1.60 bits per heavy atom. The highest BCUT2D eigenvalue weighted by Gasteiger charge is 2.16. The molecule has 0 saturated carbocycles. The van der Waals surface area contributed by atoms with Crippen molar-refractivity contribution >= 4 is 0 Å². The standard InChI is InChI=1S/C18H30O2/c1-4-5-6-7-8-9-14-20-16(3)18(19)17-12-10-15(2)11-13-17/h10-13,16,18-19H,4-9,14H2,1-3H3. The van der Waals surface area contributed by atoms with Crippen LogP contribution in [-0.2, 0) is 4.74 Å². The van der Waals surface area contributed by atoms with Crippen LogP contribution < -0.4 is 0 Å². The molecule has 2 unspecified atom stereocenters. The molecule has 1 aromatic carbocycles. The smallest absolute Gasteiger partial charge is 0.105 e. The maximum atomic E-state index is 10.2. The number of hydrogen-bond acceptors (Lipinski definition) is 2. The second-order valence-electron chi connectivity index (χ2n) is 5.70. The minimum Gasteiger partial charge on any atom is -0.386 e. The van der Waals surface area contributed by atoms with Crippen molar-refractivity contribution in [2.24, 2.45) is 0 Å². The molecule has 0 aliphatic heterocycles. The van der Waals surface area contributed by atoms with Crippen molar-refractivity contribution in [3.8, 4) is 0 Å². The van der Waals surface area contributed by atoms with E-state index >= 15 is 0 Å². The van der Waals surface area contributed by atoms with Crippen molar-refractivity contribution in [2.45, 2.75) is 71.5 Å². The van der Waals surface area contributed by atoms with E-state index in [1.807, 2.05) is 31.2 Å². The summed E-state index contributed by atoms with van der Waals surface area (Å²) in [5, 5.41) is 10.2. The Morgan fingerprint density at radius 1 is 1.00 bits per heavy atom. The summed E-state index contributed by atoms with van der Waals surface area (Å²) in [7, 11) is 0. The third kappa shape index (κ3) is 6.53. The molecule has 0 spiro atoms. The van der Waals surface area contributed by atoms with E-state index in [0.717, 1.165) is 18.6 Å². The van der Waals surface area contributed by atoms with Gasteiger partial charge in [0.25, 0.3) is 0 Å². The van der Waals surface area contributed by atoms with Crippen LogP contribution in [0.3, 0.4) is 0 Å². The molecule has 0 aliphatic carbocycles. The fourth-order valence-corrected chi connectivity index (χ4v) is 2.28. The summed E-state index contributed by atoms with van der Waals surface area (Å²) in [5.74, 6) is 0. The minimum atomic E-state index is -0.532. The SMILES string of the molecule is CCCCCCCCOC(C)C(O)c1ccc(C)cc1. The molecule has 0 radical (unpaired) electrons. The molecule has 0 bridgehead atoms. The third-order valence-corrected chi connectivity index (χ3v) is 3.74. The number of benzene rings is 1. The van der Waals surface area contributed by atoms with Gasteiger partial charge in [0.2, 0.25) is 0 Å². The lowest BCUT2D eigenvalue weighted by molar-refractivity contribution is -0.0291. The van der Waals surface area contributed by atoms with Gasteiger partial charge < -0.3 is 9.84 Å². The van der Waals surface area contributed by atoms with Crippen LogP contribution >= 0.6 is 0 Å². The molecule has 114 valence electrons. The first-order valence-electron chi connectivity index (χ1n) is 8.01. The van der Waals surface area contributed by atoms with Crippen LogP contribution in [0, 0.1) is 6.92 Å². The van der Waals surface area contributed by atoms with Crippen molar-refractivity contribution in [3.63, 3.8) is 0 Å². The number of aliphatic hydroxyl groups excluding tert-OH is 1. The van der Waals surface area contributed by atoms with Gasteiger partial charge >= 0.3 is 0 Å². The topological polar surface area (TPSA) is 29.5 Å². The van der Waals surface area contributed by atoms with Gasteiger partial charge in [0.15, 0.2) is 0 Å². The Kier molecular flexibility index (Phi) is 8.56. The van der Waals surface area contributed by atoms with Crippen LogP contribution in [0.25, 0.3) is 0 Å². The summed E-state index contributed by atoms with van der Waals surface area (Å²) in [6, 6.07) is 8.01. The van der Waals surface area contributed by atoms with E-state index < -0.39 is 6.10 Å². The number of hydrogen-bond donors (Lipinski definition) is 1. The molecule has 1 N–H and O–H groups in total. The van der Waals surface area contributed by atoms with Crippen molar-refractivity contribution in [1.29, 1.82) is 0 Å². The van der Waals surface area contributed by atoms with Gasteiger partial charge in [-0.3, -0.25) is 0 Å². The van der Waals surface area contributed by atoms with Gasteiger partial charge in [0.1, 0.15) is 6.10 Å². The predicted octanol–water partition coefficient (Wildman–Crippen LogP) is 4.79. The zero-order valence-electron chi connectivity index (χ0n) is 13.3. The molecule has 0 fully saturated rings. The van der Waals surface area contributed by atoms with Crippen LogP contribution in [0.2, 0.25) is 0 Å². The number of unbranched alkanes of at least 4 members (excludes halogenated alkanes) is 5. The molecule has 0 aromatic heterocycles. The summed E-state index contributed by atoms with van der Waals surface area (Å²) >= 11 is 0. The second-order valence-corrected chi connectivity index (χ2v) is 5.70. The molecular formula is C18H30O2. The van der Waals surface area contributed by atoms with Gasteiger partial charge in [0, 0.05) is 6.61 Å². The number of rotatable bonds is 10. The Hall–Kier alpha value is -0.860. The number of aliphatic hydroxyl groups is 1. The average Bonchev–Trinajstić information content (AvgIpc) is 2.46. The minimum absolute atomic E-state index is 0.145. The van der Waals surface area contributed by atoms with Gasteiger partial charge in [-0.1, -0.05) is 68.9 Å². The van der Waals surface area contributed by atoms with Gasteiger partial charge in [-0.15, -0.1) is 0 Å². The van der Waals surface area contributed by atoms with E-state index in [9.17, 15) is 5.11 Å². The van der Waals surface area contributed by atoms with E-state index in [1.165, 1.54) is 37.7 Å². The van der Waals surface area contributed by atoms with E-state index in [2.05, 4.69) is 13.8 Å². The lowest BCUT2D eigenvalue weighted by atomic mass is 10.0. The first kappa shape index (κ1) is 17.2. The number of ether oxygens (including phenoxy) is 1. The average molecular weight is 278 g/mol. The molecule has 2 atom stereocenters. The quantitative estimate of drug-likeness (QED) is 0.623. The number of aryl methyl sites for hydroxylation is 1. The monoisotopic (exact) mass is 278 g/mol. The molecule has 20 heavy (non-hydrogen) atoms. The summed E-state index contributed by atoms with van der Waals surface area (Å²) in [4.78, 5) is 0. The lowest BCUT2D eigenvalue weighted by Gasteiger charge is -2.20. The maximum absolute atomic E-state index is 10.2. The van der Waals surface area contributed by atoms with Gasteiger partial charge in [-0.25, -0.2) is 0 Å². The van der Waals surface area contributed by atoms with Crippen LogP contribution in [0.5, 0.6) is 0 Å². The van der Waals surface area contributed by atoms with Gasteiger partial charge in [0.05, 0.1) is 6.10 Å². The predicted molar refractivity (Wildman–Crippen MR) is 84.9 cm³/mol. The normalized spacial score (nSPS) is 14.2. The summed E-state index contributed by atoms with van der Waals surface area (Å²) < 4.78 is 5.74. The second kappa shape index (κ2) is 9.95. The third-order valence-electron chi connectivity index (χ3n) is 3.74. The molecule has 1 rings (SSSR count). The molecule has 0 aliphatic rings. The molecular weight excluding hydrogens is 248 g/mol.